The molecule has 0 spiro atoms. The third-order valence-electron chi connectivity index (χ3n) is 3.56. The molecule has 1 unspecified atom stereocenters. The minimum Gasteiger partial charge on any atom is -0.329 e. The quantitative estimate of drug-likeness (QED) is 0.842. The molecule has 5 nitrogen and oxygen atoms in total. The zero-order valence-electron chi connectivity index (χ0n) is 12.7. The maximum absolute atomic E-state index is 12.1. The summed E-state index contributed by atoms with van der Waals surface area (Å²) in [7, 11) is -1.98. The Morgan fingerprint density at radius 1 is 1.18 bits per heavy atom. The zero-order valence-corrected chi connectivity index (χ0v) is 14.3. The van der Waals surface area contributed by atoms with Gasteiger partial charge in [-0.3, -0.25) is 0 Å². The molecule has 1 atom stereocenters. The number of benzene rings is 2. The van der Waals surface area contributed by atoms with Crippen LogP contribution in [0.1, 0.15) is 18.5 Å². The van der Waals surface area contributed by atoms with Gasteiger partial charge in [0.15, 0.2) is 0 Å². The van der Waals surface area contributed by atoms with Crippen LogP contribution in [0.4, 0.5) is 0 Å². The van der Waals surface area contributed by atoms with Gasteiger partial charge in [-0.15, -0.1) is 12.4 Å². The lowest BCUT2D eigenvalue weighted by atomic mass is 10.0. The second kappa shape index (κ2) is 7.89. The van der Waals surface area contributed by atoms with Crippen LogP contribution in [0, 0.1) is 0 Å². The summed E-state index contributed by atoms with van der Waals surface area (Å²) in [6.07, 6.45) is 0. The van der Waals surface area contributed by atoms with Gasteiger partial charge in [-0.05, 0) is 22.4 Å². The Labute approximate surface area is 138 Å². The van der Waals surface area contributed by atoms with Gasteiger partial charge in [0.2, 0.25) is 0 Å². The van der Waals surface area contributed by atoms with Crippen LogP contribution >= 0.6 is 12.4 Å². The lowest BCUT2D eigenvalue weighted by Gasteiger charge is -2.22. The van der Waals surface area contributed by atoms with Gasteiger partial charge in [-0.25, -0.2) is 0 Å². The first kappa shape index (κ1) is 18.9. The van der Waals surface area contributed by atoms with Crippen LogP contribution in [-0.2, 0) is 10.2 Å². The Morgan fingerprint density at radius 2 is 1.82 bits per heavy atom. The van der Waals surface area contributed by atoms with Crippen molar-refractivity contribution >= 4 is 33.4 Å². The highest BCUT2D eigenvalue weighted by Gasteiger charge is 2.21. The molecule has 0 saturated heterocycles. The topological polar surface area (TPSA) is 75.4 Å². The first-order chi connectivity index (χ1) is 9.97. The Balaban J connectivity index is 0.00000242. The number of halogens is 1. The monoisotopic (exact) mass is 343 g/mol. The predicted octanol–water partition coefficient (Wildman–Crippen LogP) is 2.05. The van der Waals surface area contributed by atoms with Crippen LogP contribution in [0.3, 0.4) is 0 Å². The molecule has 2 aromatic rings. The third kappa shape index (κ3) is 4.18. The van der Waals surface area contributed by atoms with Crippen molar-refractivity contribution in [1.29, 1.82) is 0 Å². The molecular formula is C15H22ClN3O2S. The van der Waals surface area contributed by atoms with Crippen molar-refractivity contribution in [3.8, 4) is 0 Å². The summed E-state index contributed by atoms with van der Waals surface area (Å²) in [6, 6.07) is 13.4. The molecule has 0 bridgehead atoms. The van der Waals surface area contributed by atoms with E-state index in [-0.39, 0.29) is 19.0 Å². The van der Waals surface area contributed by atoms with Crippen LogP contribution in [0.2, 0.25) is 0 Å². The van der Waals surface area contributed by atoms with Gasteiger partial charge in [-0.2, -0.15) is 17.4 Å². The van der Waals surface area contributed by atoms with Crippen molar-refractivity contribution in [3.05, 3.63) is 48.0 Å². The number of hydrogen-bond acceptors (Lipinski definition) is 3. The normalized spacial score (nSPS) is 13.1. The summed E-state index contributed by atoms with van der Waals surface area (Å²) in [5, 5.41) is 2.18. The molecule has 0 saturated carbocycles. The molecule has 2 rings (SSSR count). The van der Waals surface area contributed by atoms with Crippen LogP contribution in [0.15, 0.2) is 42.5 Å². The number of nitrogens with one attached hydrogen (secondary N) is 1. The molecule has 0 aromatic heterocycles. The Bertz CT molecular complexity index is 722. The van der Waals surface area contributed by atoms with Crippen LogP contribution < -0.4 is 10.5 Å². The second-order valence-corrected chi connectivity index (χ2v) is 6.74. The summed E-state index contributed by atoms with van der Waals surface area (Å²) < 4.78 is 28.2. The summed E-state index contributed by atoms with van der Waals surface area (Å²) in [5.41, 5.74) is 6.62. The van der Waals surface area contributed by atoms with E-state index in [1.54, 1.807) is 6.92 Å². The predicted molar refractivity (Wildman–Crippen MR) is 93.4 cm³/mol. The zero-order chi connectivity index (χ0) is 15.5. The van der Waals surface area contributed by atoms with E-state index >= 15 is 0 Å². The van der Waals surface area contributed by atoms with E-state index in [9.17, 15) is 8.42 Å². The molecule has 0 amide bonds. The molecule has 0 aliphatic heterocycles. The van der Waals surface area contributed by atoms with Crippen LogP contribution in [-0.4, -0.2) is 32.9 Å². The van der Waals surface area contributed by atoms with Gasteiger partial charge in [0.1, 0.15) is 0 Å². The van der Waals surface area contributed by atoms with Gasteiger partial charge < -0.3 is 5.73 Å². The Kier molecular flexibility index (Phi) is 6.77. The first-order valence-corrected chi connectivity index (χ1v) is 8.34. The highest BCUT2D eigenvalue weighted by atomic mass is 35.5. The maximum Gasteiger partial charge on any atom is 0.279 e. The molecule has 7 heteroatoms. The average Bonchev–Trinajstić information content (AvgIpc) is 2.51. The molecular weight excluding hydrogens is 322 g/mol. The van der Waals surface area contributed by atoms with E-state index in [1.165, 1.54) is 11.4 Å². The Hall–Kier alpha value is -1.18. The van der Waals surface area contributed by atoms with E-state index < -0.39 is 16.3 Å². The number of nitrogens with two attached hydrogens (primary N) is 1. The van der Waals surface area contributed by atoms with Crippen LogP contribution in [0.5, 0.6) is 0 Å². The third-order valence-corrected chi connectivity index (χ3v) is 5.22. The van der Waals surface area contributed by atoms with Crippen molar-refractivity contribution in [2.45, 2.75) is 13.0 Å². The van der Waals surface area contributed by atoms with Crippen molar-refractivity contribution in [3.63, 3.8) is 0 Å². The maximum atomic E-state index is 12.1. The van der Waals surface area contributed by atoms with Crippen molar-refractivity contribution in [1.82, 2.24) is 9.03 Å². The minimum atomic E-state index is -3.52. The van der Waals surface area contributed by atoms with E-state index in [4.69, 9.17) is 5.73 Å². The fraction of sp³-hybridized carbons (Fsp3) is 0.333. The van der Waals surface area contributed by atoms with E-state index in [1.807, 2.05) is 42.5 Å². The molecule has 0 fully saturated rings. The van der Waals surface area contributed by atoms with Gasteiger partial charge in [0, 0.05) is 20.1 Å². The van der Waals surface area contributed by atoms with Crippen molar-refractivity contribution < 1.29 is 8.42 Å². The van der Waals surface area contributed by atoms with Gasteiger partial charge in [-0.1, -0.05) is 43.3 Å². The first-order valence-electron chi connectivity index (χ1n) is 6.90. The molecule has 22 heavy (non-hydrogen) atoms. The highest BCUT2D eigenvalue weighted by Crippen LogP contribution is 2.20. The number of nitrogens with zero attached hydrogens (tertiary/aromatic N) is 1. The van der Waals surface area contributed by atoms with E-state index in [0.717, 1.165) is 16.3 Å². The molecule has 3 N–H and O–H groups in total. The molecule has 0 heterocycles. The summed E-state index contributed by atoms with van der Waals surface area (Å²) in [5.74, 6) is 0. The van der Waals surface area contributed by atoms with Gasteiger partial charge in [0.25, 0.3) is 10.2 Å². The average molecular weight is 344 g/mol. The number of rotatable bonds is 6. The van der Waals surface area contributed by atoms with E-state index in [2.05, 4.69) is 4.72 Å². The number of fused-ring (bicyclic) bond motifs is 1. The largest absolute Gasteiger partial charge is 0.329 e. The highest BCUT2D eigenvalue weighted by molar-refractivity contribution is 7.87. The smallest absolute Gasteiger partial charge is 0.279 e. The lowest BCUT2D eigenvalue weighted by Crippen LogP contribution is -2.42. The van der Waals surface area contributed by atoms with Crippen molar-refractivity contribution in [2.75, 3.05) is 20.1 Å². The second-order valence-electron chi connectivity index (χ2n) is 4.93. The standard InChI is InChI=1S/C15H21N3O2S.ClH/c1-3-18(2)21(19,20)17-15(11-16)14-9-8-12-6-4-5-7-13(12)10-14;/h4-10,15,17H,3,11,16H2,1-2H3;1H. The lowest BCUT2D eigenvalue weighted by molar-refractivity contribution is 0.461. The molecule has 0 aliphatic rings. The Morgan fingerprint density at radius 3 is 2.41 bits per heavy atom. The SMILES string of the molecule is CCN(C)S(=O)(=O)NC(CN)c1ccc2ccccc2c1.Cl. The van der Waals surface area contributed by atoms with Gasteiger partial charge in [0.05, 0.1) is 6.04 Å². The summed E-state index contributed by atoms with van der Waals surface area (Å²) in [6.45, 7) is 2.40. The molecule has 0 radical (unpaired) electrons. The summed E-state index contributed by atoms with van der Waals surface area (Å²) >= 11 is 0. The van der Waals surface area contributed by atoms with Gasteiger partial charge >= 0.3 is 0 Å². The van der Waals surface area contributed by atoms with E-state index in [0.29, 0.717) is 6.54 Å². The summed E-state index contributed by atoms with van der Waals surface area (Å²) in [4.78, 5) is 0. The molecule has 122 valence electrons. The minimum absolute atomic E-state index is 0. The van der Waals surface area contributed by atoms with Crippen molar-refractivity contribution in [2.24, 2.45) is 5.73 Å². The van der Waals surface area contributed by atoms with Crippen LogP contribution in [0.25, 0.3) is 10.8 Å². The molecule has 2 aromatic carbocycles. The number of hydrogen-bond donors (Lipinski definition) is 2. The fourth-order valence-corrected chi connectivity index (χ4v) is 3.23. The fourth-order valence-electron chi connectivity index (χ4n) is 2.12. The molecule has 0 aliphatic carbocycles.